The van der Waals surface area contributed by atoms with Crippen molar-refractivity contribution in [1.82, 2.24) is 14.8 Å². The maximum Gasteiger partial charge on any atom is 0.270 e. The molecule has 2 saturated heterocycles. The number of carbonyl (C=O) groups is 2. The van der Waals surface area contributed by atoms with E-state index in [0.29, 0.717) is 37.7 Å². The highest BCUT2D eigenvalue weighted by molar-refractivity contribution is 5.98. The van der Waals surface area contributed by atoms with E-state index in [9.17, 15) is 9.59 Å². The first-order valence-corrected chi connectivity index (χ1v) is 10.2. The summed E-state index contributed by atoms with van der Waals surface area (Å²) in [4.78, 5) is 31.8. The fraction of sp³-hybridized carbons (Fsp3) is 0.545. The van der Waals surface area contributed by atoms with Crippen molar-refractivity contribution in [3.05, 3.63) is 36.0 Å². The van der Waals surface area contributed by atoms with Gasteiger partial charge in [0.25, 0.3) is 5.91 Å². The second kappa shape index (κ2) is 7.59. The molecule has 6 heteroatoms. The van der Waals surface area contributed by atoms with Gasteiger partial charge in [-0.25, -0.2) is 0 Å². The standard InChI is InChI=1S/C22H29N3O3/c1-24(2)20(26)13-16-7-12-28-22(15-16)8-10-25(11-9-22)21(27)19-14-17-5-3-4-6-18(17)23-19/h3-6,14,16,23H,7-13,15H2,1-2H3. The molecule has 2 aliphatic rings. The van der Waals surface area contributed by atoms with Crippen molar-refractivity contribution in [1.29, 1.82) is 0 Å². The number of amides is 2. The smallest absolute Gasteiger partial charge is 0.270 e. The van der Waals surface area contributed by atoms with E-state index in [1.54, 1.807) is 4.90 Å². The topological polar surface area (TPSA) is 65.6 Å². The molecular weight excluding hydrogens is 354 g/mol. The lowest BCUT2D eigenvalue weighted by molar-refractivity contribution is -0.139. The zero-order valence-corrected chi connectivity index (χ0v) is 16.7. The van der Waals surface area contributed by atoms with Crippen LogP contribution in [0.5, 0.6) is 0 Å². The second-order valence-corrected chi connectivity index (χ2v) is 8.45. The molecule has 6 nitrogen and oxygen atoms in total. The van der Waals surface area contributed by atoms with Gasteiger partial charge >= 0.3 is 0 Å². The first-order valence-electron chi connectivity index (χ1n) is 10.2. The van der Waals surface area contributed by atoms with Crippen LogP contribution in [0.25, 0.3) is 10.9 Å². The van der Waals surface area contributed by atoms with Crippen LogP contribution in [0.15, 0.2) is 30.3 Å². The number of carbonyl (C=O) groups excluding carboxylic acids is 2. The molecule has 0 bridgehead atoms. The maximum absolute atomic E-state index is 12.9. The minimum absolute atomic E-state index is 0.0567. The van der Waals surface area contributed by atoms with Crippen LogP contribution in [0.2, 0.25) is 0 Å². The first-order chi connectivity index (χ1) is 13.5. The number of nitrogens with one attached hydrogen (secondary N) is 1. The summed E-state index contributed by atoms with van der Waals surface area (Å²) >= 11 is 0. The molecular formula is C22H29N3O3. The van der Waals surface area contributed by atoms with Crippen LogP contribution in [0.3, 0.4) is 0 Å². The zero-order chi connectivity index (χ0) is 19.7. The Hall–Kier alpha value is -2.34. The number of rotatable bonds is 3. The highest BCUT2D eigenvalue weighted by Crippen LogP contribution is 2.39. The number of hydrogen-bond donors (Lipinski definition) is 1. The highest BCUT2D eigenvalue weighted by atomic mass is 16.5. The fourth-order valence-electron chi connectivity index (χ4n) is 4.56. The van der Waals surface area contributed by atoms with Gasteiger partial charge in [0, 0.05) is 51.1 Å². The Morgan fingerprint density at radius 2 is 2.00 bits per heavy atom. The number of hydrogen-bond acceptors (Lipinski definition) is 3. The SMILES string of the molecule is CN(C)C(=O)CC1CCOC2(CCN(C(=O)c3cc4ccccc4[nH]3)CC2)C1. The molecule has 0 radical (unpaired) electrons. The molecule has 1 aromatic heterocycles. The average Bonchev–Trinajstić information content (AvgIpc) is 3.12. The van der Waals surface area contributed by atoms with Crippen molar-refractivity contribution in [2.75, 3.05) is 33.8 Å². The van der Waals surface area contributed by atoms with Gasteiger partial charge in [-0.1, -0.05) is 18.2 Å². The van der Waals surface area contributed by atoms with Crippen molar-refractivity contribution in [2.45, 2.75) is 37.7 Å². The number of ether oxygens (including phenoxy) is 1. The molecule has 1 spiro atoms. The molecule has 1 unspecified atom stereocenters. The summed E-state index contributed by atoms with van der Waals surface area (Å²) in [6, 6.07) is 9.88. The van der Waals surface area contributed by atoms with Crippen molar-refractivity contribution in [2.24, 2.45) is 5.92 Å². The van der Waals surface area contributed by atoms with Crippen LogP contribution in [0.4, 0.5) is 0 Å². The number of aromatic amines is 1. The van der Waals surface area contributed by atoms with Crippen molar-refractivity contribution in [3.8, 4) is 0 Å². The number of piperidine rings is 1. The second-order valence-electron chi connectivity index (χ2n) is 8.45. The lowest BCUT2D eigenvalue weighted by Gasteiger charge is -2.46. The van der Waals surface area contributed by atoms with Gasteiger partial charge in [-0.15, -0.1) is 0 Å². The third-order valence-corrected chi connectivity index (χ3v) is 6.28. The van der Waals surface area contributed by atoms with Crippen LogP contribution < -0.4 is 0 Å². The zero-order valence-electron chi connectivity index (χ0n) is 16.7. The van der Waals surface area contributed by atoms with Gasteiger partial charge in [0.15, 0.2) is 0 Å². The number of para-hydroxylation sites is 1. The van der Waals surface area contributed by atoms with E-state index < -0.39 is 0 Å². The number of aromatic nitrogens is 1. The Morgan fingerprint density at radius 1 is 1.25 bits per heavy atom. The summed E-state index contributed by atoms with van der Waals surface area (Å²) in [7, 11) is 3.62. The number of fused-ring (bicyclic) bond motifs is 1. The van der Waals surface area contributed by atoms with E-state index in [-0.39, 0.29) is 17.4 Å². The van der Waals surface area contributed by atoms with Crippen LogP contribution in [0.1, 0.15) is 42.6 Å². The Bertz CT molecular complexity index is 832. The van der Waals surface area contributed by atoms with Crippen LogP contribution in [0, 0.1) is 5.92 Å². The third-order valence-electron chi connectivity index (χ3n) is 6.28. The Balaban J connectivity index is 1.38. The number of nitrogens with zero attached hydrogens (tertiary/aromatic N) is 2. The molecule has 2 aliphatic heterocycles. The fourth-order valence-corrected chi connectivity index (χ4v) is 4.56. The Labute approximate surface area is 165 Å². The van der Waals surface area contributed by atoms with E-state index >= 15 is 0 Å². The summed E-state index contributed by atoms with van der Waals surface area (Å²) in [6.07, 6.45) is 4.13. The molecule has 1 aromatic carbocycles. The van der Waals surface area contributed by atoms with E-state index in [0.717, 1.165) is 36.6 Å². The van der Waals surface area contributed by atoms with Crippen LogP contribution >= 0.6 is 0 Å². The molecule has 1 N–H and O–H groups in total. The molecule has 2 amide bonds. The van der Waals surface area contributed by atoms with Gasteiger partial charge in [-0.2, -0.15) is 0 Å². The molecule has 150 valence electrons. The van der Waals surface area contributed by atoms with Crippen LogP contribution in [-0.4, -0.2) is 66.0 Å². The third kappa shape index (κ3) is 3.78. The predicted molar refractivity (Wildman–Crippen MR) is 108 cm³/mol. The predicted octanol–water partition coefficient (Wildman–Crippen LogP) is 3.05. The van der Waals surface area contributed by atoms with Gasteiger partial charge in [-0.05, 0) is 43.7 Å². The normalized spacial score (nSPS) is 21.8. The van der Waals surface area contributed by atoms with Crippen molar-refractivity contribution >= 4 is 22.7 Å². The Kier molecular flexibility index (Phi) is 5.15. The van der Waals surface area contributed by atoms with E-state index in [1.807, 2.05) is 49.3 Å². The van der Waals surface area contributed by atoms with Gasteiger partial charge < -0.3 is 19.5 Å². The van der Waals surface area contributed by atoms with Gasteiger partial charge in [-0.3, -0.25) is 9.59 Å². The van der Waals surface area contributed by atoms with Gasteiger partial charge in [0.05, 0.1) is 5.60 Å². The van der Waals surface area contributed by atoms with E-state index in [4.69, 9.17) is 4.74 Å². The highest BCUT2D eigenvalue weighted by Gasteiger charge is 2.41. The number of benzene rings is 1. The molecule has 1 atom stereocenters. The van der Waals surface area contributed by atoms with E-state index in [1.165, 1.54) is 0 Å². The van der Waals surface area contributed by atoms with Crippen molar-refractivity contribution in [3.63, 3.8) is 0 Å². The summed E-state index contributed by atoms with van der Waals surface area (Å²) in [5.74, 6) is 0.620. The molecule has 28 heavy (non-hydrogen) atoms. The quantitative estimate of drug-likeness (QED) is 0.886. The van der Waals surface area contributed by atoms with E-state index in [2.05, 4.69) is 4.98 Å². The average molecular weight is 383 g/mol. The van der Waals surface area contributed by atoms with Gasteiger partial charge in [0.2, 0.25) is 5.91 Å². The summed E-state index contributed by atoms with van der Waals surface area (Å²) in [6.45, 7) is 2.10. The minimum Gasteiger partial charge on any atom is -0.375 e. The molecule has 4 rings (SSSR count). The first kappa shape index (κ1) is 19.0. The Morgan fingerprint density at radius 3 is 2.71 bits per heavy atom. The summed E-state index contributed by atoms with van der Waals surface area (Å²) in [5, 5.41) is 1.06. The molecule has 0 saturated carbocycles. The summed E-state index contributed by atoms with van der Waals surface area (Å²) in [5.41, 5.74) is 1.46. The lowest BCUT2D eigenvalue weighted by atomic mass is 9.78. The lowest BCUT2D eigenvalue weighted by Crippen LogP contribution is -2.51. The minimum atomic E-state index is -0.174. The molecule has 0 aliphatic carbocycles. The molecule has 2 aromatic rings. The van der Waals surface area contributed by atoms with Crippen molar-refractivity contribution < 1.29 is 14.3 Å². The monoisotopic (exact) mass is 383 g/mol. The largest absolute Gasteiger partial charge is 0.375 e. The molecule has 3 heterocycles. The van der Waals surface area contributed by atoms with Gasteiger partial charge in [0.1, 0.15) is 5.69 Å². The summed E-state index contributed by atoms with van der Waals surface area (Å²) < 4.78 is 6.19. The number of H-pyrrole nitrogens is 1. The maximum atomic E-state index is 12.9. The number of likely N-dealkylation sites (tertiary alicyclic amines) is 1. The molecule has 2 fully saturated rings. The van der Waals surface area contributed by atoms with Crippen LogP contribution in [-0.2, 0) is 9.53 Å².